The van der Waals surface area contributed by atoms with E-state index in [9.17, 15) is 9.59 Å². The van der Waals surface area contributed by atoms with Gasteiger partial charge >= 0.3 is 5.97 Å². The molecule has 1 aliphatic rings. The van der Waals surface area contributed by atoms with Crippen LogP contribution in [0.25, 0.3) is 11.4 Å². The minimum atomic E-state index is -0.386. The molecule has 2 aromatic rings. The Hall–Kier alpha value is -2.77. The molecule has 0 atom stereocenters. The lowest BCUT2D eigenvalue weighted by atomic mass is 9.95. The van der Waals surface area contributed by atoms with Crippen molar-refractivity contribution in [3.05, 3.63) is 29.8 Å². The number of nitrogens with one attached hydrogen (secondary N) is 1. The Labute approximate surface area is 164 Å². The summed E-state index contributed by atoms with van der Waals surface area (Å²) < 4.78 is 5.21. The molecule has 0 unspecified atom stereocenters. The summed E-state index contributed by atoms with van der Waals surface area (Å²) in [6, 6.07) is 7.23. The highest BCUT2D eigenvalue weighted by Gasteiger charge is 2.16. The quantitative estimate of drug-likeness (QED) is 0.736. The zero-order valence-electron chi connectivity index (χ0n) is 16.4. The highest BCUT2D eigenvalue weighted by Crippen LogP contribution is 2.18. The van der Waals surface area contributed by atoms with Gasteiger partial charge in [-0.1, -0.05) is 31.4 Å². The standard InChI is InChI=1S/C20H27N5O3/c1-14(2)28-20(27)16-8-6-7-15(13-16)19-22-24-25(23-19)12-11-18(26)21-17-9-4-3-5-10-17/h6-8,13-14,17H,3-5,9-12H2,1-2H3,(H,21,26). The van der Waals surface area contributed by atoms with Crippen molar-refractivity contribution in [1.29, 1.82) is 0 Å². The van der Waals surface area contributed by atoms with Crippen molar-refractivity contribution >= 4 is 11.9 Å². The number of rotatable bonds is 7. The van der Waals surface area contributed by atoms with Crippen molar-refractivity contribution in [2.75, 3.05) is 0 Å². The van der Waals surface area contributed by atoms with Crippen LogP contribution >= 0.6 is 0 Å². The second kappa shape index (κ2) is 9.43. The minimum absolute atomic E-state index is 0.0178. The summed E-state index contributed by atoms with van der Waals surface area (Å²) in [5.41, 5.74) is 1.12. The summed E-state index contributed by atoms with van der Waals surface area (Å²) in [5, 5.41) is 15.5. The van der Waals surface area contributed by atoms with E-state index in [1.54, 1.807) is 32.0 Å². The number of carbonyl (C=O) groups excluding carboxylic acids is 2. The number of benzene rings is 1. The maximum atomic E-state index is 12.1. The van der Waals surface area contributed by atoms with Gasteiger partial charge in [-0.05, 0) is 44.0 Å². The molecular weight excluding hydrogens is 358 g/mol. The second-order valence-electron chi connectivity index (χ2n) is 7.40. The van der Waals surface area contributed by atoms with Gasteiger partial charge in [0.1, 0.15) is 0 Å². The second-order valence-corrected chi connectivity index (χ2v) is 7.40. The fourth-order valence-electron chi connectivity index (χ4n) is 3.27. The molecule has 1 heterocycles. The lowest BCUT2D eigenvalue weighted by Crippen LogP contribution is -2.36. The van der Waals surface area contributed by atoms with Crippen molar-refractivity contribution in [3.63, 3.8) is 0 Å². The third kappa shape index (κ3) is 5.61. The van der Waals surface area contributed by atoms with Crippen LogP contribution in [-0.4, -0.2) is 44.2 Å². The molecule has 0 aliphatic heterocycles. The van der Waals surface area contributed by atoms with E-state index >= 15 is 0 Å². The van der Waals surface area contributed by atoms with Crippen LogP contribution in [0.3, 0.4) is 0 Å². The topological polar surface area (TPSA) is 99.0 Å². The maximum absolute atomic E-state index is 12.1. The molecule has 28 heavy (non-hydrogen) atoms. The van der Waals surface area contributed by atoms with E-state index in [0.717, 1.165) is 12.8 Å². The Kier molecular flexibility index (Phi) is 6.73. The predicted octanol–water partition coefficient (Wildman–Crippen LogP) is 2.74. The van der Waals surface area contributed by atoms with Crippen molar-refractivity contribution in [2.24, 2.45) is 0 Å². The van der Waals surface area contributed by atoms with Gasteiger partial charge in [0.2, 0.25) is 11.7 Å². The van der Waals surface area contributed by atoms with E-state index < -0.39 is 0 Å². The number of carbonyl (C=O) groups is 2. The first-order chi connectivity index (χ1) is 13.5. The van der Waals surface area contributed by atoms with Crippen molar-refractivity contribution in [2.45, 2.75) is 71.1 Å². The monoisotopic (exact) mass is 385 g/mol. The number of aromatic nitrogens is 4. The summed E-state index contributed by atoms with van der Waals surface area (Å²) in [5.74, 6) is 0.0414. The first-order valence-electron chi connectivity index (χ1n) is 9.90. The first kappa shape index (κ1) is 20.0. The number of aryl methyl sites for hydroxylation is 1. The molecule has 8 nitrogen and oxygen atoms in total. The molecule has 0 radical (unpaired) electrons. The lowest BCUT2D eigenvalue weighted by molar-refractivity contribution is -0.122. The normalized spacial score (nSPS) is 14.8. The summed E-state index contributed by atoms with van der Waals surface area (Å²) in [4.78, 5) is 25.6. The van der Waals surface area contributed by atoms with E-state index in [4.69, 9.17) is 4.74 Å². The fourth-order valence-corrected chi connectivity index (χ4v) is 3.27. The van der Waals surface area contributed by atoms with Gasteiger partial charge < -0.3 is 10.1 Å². The largest absolute Gasteiger partial charge is 0.459 e. The van der Waals surface area contributed by atoms with E-state index in [-0.39, 0.29) is 18.0 Å². The highest BCUT2D eigenvalue weighted by molar-refractivity contribution is 5.90. The molecule has 1 saturated carbocycles. The van der Waals surface area contributed by atoms with Crippen molar-refractivity contribution in [1.82, 2.24) is 25.5 Å². The minimum Gasteiger partial charge on any atom is -0.459 e. The Morgan fingerprint density at radius 1 is 1.25 bits per heavy atom. The number of nitrogens with zero attached hydrogens (tertiary/aromatic N) is 4. The molecule has 150 valence electrons. The molecule has 0 bridgehead atoms. The Morgan fingerprint density at radius 2 is 2.04 bits per heavy atom. The Bertz CT molecular complexity index is 812. The first-order valence-corrected chi connectivity index (χ1v) is 9.90. The number of hydrogen-bond donors (Lipinski definition) is 1. The third-order valence-electron chi connectivity index (χ3n) is 4.66. The maximum Gasteiger partial charge on any atom is 0.338 e. The van der Waals surface area contributed by atoms with Crippen LogP contribution in [0.5, 0.6) is 0 Å². The van der Waals surface area contributed by atoms with Crippen LogP contribution in [0.2, 0.25) is 0 Å². The van der Waals surface area contributed by atoms with Crippen LogP contribution in [-0.2, 0) is 16.1 Å². The van der Waals surface area contributed by atoms with Crippen LogP contribution in [0, 0.1) is 0 Å². The molecule has 1 N–H and O–H groups in total. The van der Waals surface area contributed by atoms with Crippen LogP contribution < -0.4 is 5.32 Å². The molecule has 0 saturated heterocycles. The van der Waals surface area contributed by atoms with Crippen molar-refractivity contribution in [3.8, 4) is 11.4 Å². The van der Waals surface area contributed by atoms with Crippen LogP contribution in [0.1, 0.15) is 62.7 Å². The zero-order chi connectivity index (χ0) is 19.9. The molecule has 1 aliphatic carbocycles. The zero-order valence-corrected chi connectivity index (χ0v) is 16.4. The number of tetrazole rings is 1. The van der Waals surface area contributed by atoms with E-state index in [0.29, 0.717) is 36.0 Å². The molecule has 1 aromatic heterocycles. The van der Waals surface area contributed by atoms with Crippen molar-refractivity contribution < 1.29 is 14.3 Å². The van der Waals surface area contributed by atoms with E-state index in [2.05, 4.69) is 20.7 Å². The van der Waals surface area contributed by atoms with Gasteiger partial charge in [0.25, 0.3) is 0 Å². The highest BCUT2D eigenvalue weighted by atomic mass is 16.5. The van der Waals surface area contributed by atoms with Crippen LogP contribution in [0.4, 0.5) is 0 Å². The van der Waals surface area contributed by atoms with Gasteiger partial charge in [0.15, 0.2) is 0 Å². The van der Waals surface area contributed by atoms with E-state index in [1.165, 1.54) is 24.1 Å². The molecule has 3 rings (SSSR count). The smallest absolute Gasteiger partial charge is 0.338 e. The van der Waals surface area contributed by atoms with Gasteiger partial charge in [-0.2, -0.15) is 4.80 Å². The predicted molar refractivity (Wildman–Crippen MR) is 103 cm³/mol. The number of ether oxygens (including phenoxy) is 1. The van der Waals surface area contributed by atoms with Crippen LogP contribution in [0.15, 0.2) is 24.3 Å². The number of amides is 1. The molecular formula is C20H27N5O3. The molecule has 1 aromatic carbocycles. The Balaban J connectivity index is 1.56. The van der Waals surface area contributed by atoms with E-state index in [1.807, 2.05) is 6.07 Å². The lowest BCUT2D eigenvalue weighted by Gasteiger charge is -2.22. The van der Waals surface area contributed by atoms with Gasteiger partial charge in [0.05, 0.1) is 18.2 Å². The van der Waals surface area contributed by atoms with Gasteiger partial charge in [0, 0.05) is 18.0 Å². The SMILES string of the molecule is CC(C)OC(=O)c1cccc(-c2nnn(CCC(=O)NC3CCCCC3)n2)c1. The fraction of sp³-hybridized carbons (Fsp3) is 0.550. The molecule has 0 spiro atoms. The summed E-state index contributed by atoms with van der Waals surface area (Å²) in [6.45, 7) is 3.97. The molecule has 1 amide bonds. The summed E-state index contributed by atoms with van der Waals surface area (Å²) in [6.07, 6.45) is 5.88. The van der Waals surface area contributed by atoms with Gasteiger partial charge in [-0.3, -0.25) is 4.79 Å². The Morgan fingerprint density at radius 3 is 2.79 bits per heavy atom. The third-order valence-corrected chi connectivity index (χ3v) is 4.66. The van der Waals surface area contributed by atoms with Gasteiger partial charge in [-0.25, -0.2) is 4.79 Å². The number of hydrogen-bond acceptors (Lipinski definition) is 6. The average molecular weight is 385 g/mol. The summed E-state index contributed by atoms with van der Waals surface area (Å²) in [7, 11) is 0. The molecule has 1 fully saturated rings. The molecule has 8 heteroatoms. The summed E-state index contributed by atoms with van der Waals surface area (Å²) >= 11 is 0. The average Bonchev–Trinajstić information content (AvgIpc) is 3.16. The van der Waals surface area contributed by atoms with Gasteiger partial charge in [-0.15, -0.1) is 10.2 Å². The number of esters is 1.